The number of likely N-dealkylation sites (tertiary alicyclic amines) is 5. The van der Waals surface area contributed by atoms with Crippen molar-refractivity contribution in [2.45, 2.75) is 162 Å². The maximum atomic E-state index is 13.9. The van der Waals surface area contributed by atoms with Gasteiger partial charge in [0.25, 0.3) is 0 Å². The van der Waals surface area contributed by atoms with Crippen LogP contribution >= 0.6 is 24.0 Å². The van der Waals surface area contributed by atoms with Crippen LogP contribution < -0.4 is 26.0 Å². The number of aliphatic hydroxyl groups is 2. The molecule has 0 unspecified atom stereocenters. The number of rotatable bonds is 19. The molecule has 566 valence electrons. The van der Waals surface area contributed by atoms with Crippen LogP contribution in [0.25, 0.3) is 0 Å². The van der Waals surface area contributed by atoms with Gasteiger partial charge in [-0.15, -0.1) is 12.4 Å². The van der Waals surface area contributed by atoms with Crippen molar-refractivity contribution in [1.29, 1.82) is 0 Å². The molecule has 7 aliphatic rings. The number of methoxy groups -OCH3 is 1. The molecule has 0 bridgehead atoms. The Hall–Kier alpha value is -8.01. The number of carbonyl (C=O) groups is 3. The van der Waals surface area contributed by atoms with E-state index < -0.39 is 27.8 Å². The SMILES string of the molecule is C.C.C1CNC1.C1CN[C@@H](CN2CCC2)C1.CC[C@H]1CCCN1C(=O)OCc1ccccc1.COc1cc(F)c([N+](=O)[O-])cc1Nc1nccc(Nc2cc(Cl)c(F)cc2C(C)(C)O)n1.Cl.O=C(OCc1ccccc1)N1CCC[C@@H]1CN1CCC1.O=C(OCc1ccccc1)N1CCC[C@@H]1CO. The summed E-state index contributed by atoms with van der Waals surface area (Å²) >= 11 is 5.89. The fourth-order valence-electron chi connectivity index (χ4n) is 12.1. The molecule has 0 aliphatic carbocycles. The molecule has 0 radical (unpaired) electrons. The van der Waals surface area contributed by atoms with Crippen molar-refractivity contribution < 1.29 is 57.2 Å². The zero-order valence-electron chi connectivity index (χ0n) is 58.4. The largest absolute Gasteiger partial charge is 0.494 e. The van der Waals surface area contributed by atoms with Crippen molar-refractivity contribution in [2.24, 2.45) is 0 Å². The van der Waals surface area contributed by atoms with Crippen LogP contribution in [0.2, 0.25) is 5.02 Å². The number of amides is 3. The van der Waals surface area contributed by atoms with E-state index in [-0.39, 0.29) is 98.6 Å². The number of nitro benzene ring substituents is 1. The second-order valence-corrected chi connectivity index (χ2v) is 26.4. The van der Waals surface area contributed by atoms with Gasteiger partial charge in [-0.25, -0.2) is 23.8 Å². The predicted molar refractivity (Wildman–Crippen MR) is 403 cm³/mol. The molecule has 5 aromatic carbocycles. The molecule has 103 heavy (non-hydrogen) atoms. The van der Waals surface area contributed by atoms with E-state index in [9.17, 15) is 38.4 Å². The second kappa shape index (κ2) is 44.6. The van der Waals surface area contributed by atoms with Gasteiger partial charge in [0.1, 0.15) is 37.2 Å². The lowest BCUT2D eigenvalue weighted by molar-refractivity contribution is -0.387. The first kappa shape index (κ1) is 85.6. The smallest absolute Gasteiger partial charge is 0.410 e. The summed E-state index contributed by atoms with van der Waals surface area (Å²) in [5.74, 6) is -1.49. The Morgan fingerprint density at radius 3 is 1.56 bits per heavy atom. The number of benzene rings is 5. The number of hydrogen-bond donors (Lipinski definition) is 6. The van der Waals surface area contributed by atoms with Gasteiger partial charge in [-0.3, -0.25) is 10.1 Å². The lowest BCUT2D eigenvalue weighted by atomic mass is 9.96. The molecule has 3 amide bonds. The Labute approximate surface area is 617 Å². The summed E-state index contributed by atoms with van der Waals surface area (Å²) in [5.41, 5.74) is 1.53. The van der Waals surface area contributed by atoms with E-state index in [1.54, 1.807) is 4.90 Å². The van der Waals surface area contributed by atoms with Crippen molar-refractivity contribution in [3.63, 3.8) is 0 Å². The summed E-state index contributed by atoms with van der Waals surface area (Å²) in [6.07, 6.45) is 14.8. The molecule has 0 saturated carbocycles. The normalized spacial score (nSPS) is 18.5. The average Bonchev–Trinajstić information content (AvgIpc) is 1.75. The third kappa shape index (κ3) is 27.5. The summed E-state index contributed by atoms with van der Waals surface area (Å²) in [7, 11) is 1.28. The van der Waals surface area contributed by atoms with Crippen LogP contribution in [0.4, 0.5) is 52.0 Å². The van der Waals surface area contributed by atoms with Crippen LogP contribution in [-0.2, 0) is 39.6 Å². The summed E-state index contributed by atoms with van der Waals surface area (Å²) in [6, 6.07) is 36.5. The van der Waals surface area contributed by atoms with Gasteiger partial charge in [-0.1, -0.05) is 124 Å². The van der Waals surface area contributed by atoms with Crippen molar-refractivity contribution in [2.75, 3.05) is 103 Å². The molecule has 7 fully saturated rings. The third-order valence-electron chi connectivity index (χ3n) is 18.2. The molecule has 4 atom stereocenters. The van der Waals surface area contributed by atoms with Gasteiger partial charge in [-0.2, -0.15) is 9.37 Å². The van der Waals surface area contributed by atoms with Crippen molar-refractivity contribution in [1.82, 2.24) is 45.1 Å². The van der Waals surface area contributed by atoms with Crippen LogP contribution in [0.5, 0.6) is 5.75 Å². The highest BCUT2D eigenvalue weighted by atomic mass is 35.5. The average molecular weight is 1470 g/mol. The minimum Gasteiger partial charge on any atom is -0.494 e. The van der Waals surface area contributed by atoms with E-state index in [0.29, 0.717) is 37.5 Å². The lowest BCUT2D eigenvalue weighted by Crippen LogP contribution is -2.47. The minimum absolute atomic E-state index is 0. The van der Waals surface area contributed by atoms with Crippen LogP contribution in [0.15, 0.2) is 128 Å². The van der Waals surface area contributed by atoms with E-state index in [0.717, 1.165) is 106 Å². The van der Waals surface area contributed by atoms with Crippen molar-refractivity contribution in [3.8, 4) is 5.75 Å². The van der Waals surface area contributed by atoms with Crippen LogP contribution in [0, 0.1) is 21.7 Å². The number of ether oxygens (including phenoxy) is 4. The first-order valence-corrected chi connectivity index (χ1v) is 35.3. The molecule has 0 spiro atoms. The molecule has 7 aliphatic heterocycles. The molecule has 13 rings (SSSR count). The highest BCUT2D eigenvalue weighted by Gasteiger charge is 2.34. The molecule has 23 nitrogen and oxygen atoms in total. The van der Waals surface area contributed by atoms with Crippen molar-refractivity contribution in [3.05, 3.63) is 177 Å². The number of nitrogens with zero attached hydrogens (tertiary/aromatic N) is 8. The van der Waals surface area contributed by atoms with E-state index in [1.807, 2.05) is 101 Å². The summed E-state index contributed by atoms with van der Waals surface area (Å²) in [6.45, 7) is 19.6. The highest BCUT2D eigenvalue weighted by molar-refractivity contribution is 6.31. The van der Waals surface area contributed by atoms with Gasteiger partial charge < -0.3 is 74.9 Å². The Balaban J connectivity index is 0.000000236. The predicted octanol–water partition coefficient (Wildman–Crippen LogP) is 14.6. The molecule has 6 aromatic rings. The number of carbonyl (C=O) groups excluding carboxylic acids is 3. The van der Waals surface area contributed by atoms with Gasteiger partial charge in [0.2, 0.25) is 11.8 Å². The van der Waals surface area contributed by atoms with E-state index in [2.05, 4.69) is 48.0 Å². The van der Waals surface area contributed by atoms with E-state index >= 15 is 0 Å². The molecule has 8 heterocycles. The van der Waals surface area contributed by atoms with Crippen LogP contribution in [0.1, 0.15) is 135 Å². The summed E-state index contributed by atoms with van der Waals surface area (Å²) in [4.78, 5) is 64.7. The Kier molecular flexibility index (Phi) is 37.1. The highest BCUT2D eigenvalue weighted by Crippen LogP contribution is 2.36. The number of anilines is 4. The van der Waals surface area contributed by atoms with Crippen molar-refractivity contribution >= 4 is 71.1 Å². The maximum Gasteiger partial charge on any atom is 0.410 e. The Morgan fingerprint density at radius 2 is 1.13 bits per heavy atom. The molecule has 1 aromatic heterocycles. The number of nitro groups is 1. The zero-order chi connectivity index (χ0) is 71.2. The lowest BCUT2D eigenvalue weighted by Gasteiger charge is -2.35. The quantitative estimate of drug-likeness (QED) is 0.0250. The van der Waals surface area contributed by atoms with Gasteiger partial charge in [-0.05, 0) is 172 Å². The number of aliphatic hydroxyl groups excluding tert-OH is 1. The molecule has 7 saturated heterocycles. The standard InChI is InChI=1S/C20H18ClF2N5O4.C16H22N2O2.C14H19NO2.C13H17NO3.C8H16N2.C3H7N.2CH4.ClH/c1-20(2,29)10-6-12(22)11(21)7-14(10)25-18-4-5-24-19(27-18)26-15-9-16(28(30)31)13(23)8-17(15)32-3;19-16(20-13-14-6-2-1-3-7-14)18-11-4-8-15(18)12-17-9-5-10-17;1-2-13-9-6-10-15(13)14(16)17-11-12-7-4-3-5-8-12;15-9-12-7-4-8-14(12)13(16)17-10-11-5-2-1-3-6-11;1-3-8(9-4-1)7-10-5-2-6-10;1-2-4-3-1;;;/h4-9,29H,1-3H3,(H2,24,25,26,27);1-3,6-7,15H,4-5,8-13H2;3-5,7-8,13H,2,6,9-11H2,1H3;1-3,5-6,12,15H,4,7-10H2;8-9H,1-7H2;4H,1-3H2;2*1H4;1H/t;15-;13-;12-;8-;;;;/m.1011..../s1. The summed E-state index contributed by atoms with van der Waals surface area (Å²) < 4.78 is 48.8. The number of halogens is 4. The second-order valence-electron chi connectivity index (χ2n) is 26.0. The number of aromatic nitrogens is 2. The molecule has 6 N–H and O–H groups in total. The van der Waals surface area contributed by atoms with Gasteiger partial charge in [0.05, 0.1) is 41.0 Å². The first-order valence-electron chi connectivity index (χ1n) is 34.9. The monoisotopic (exact) mass is 1470 g/mol. The van der Waals surface area contributed by atoms with Crippen LogP contribution in [-0.4, -0.2) is 184 Å². The number of nitrogens with one attached hydrogen (secondary N) is 4. The number of hydrogen-bond acceptors (Lipinski definition) is 19. The Morgan fingerprint density at radius 1 is 0.641 bits per heavy atom. The van der Waals surface area contributed by atoms with E-state index in [1.165, 1.54) is 124 Å². The summed E-state index contributed by atoms with van der Waals surface area (Å²) in [5, 5.41) is 42.7. The fourth-order valence-corrected chi connectivity index (χ4v) is 12.3. The molecule has 27 heteroatoms. The molecular formula is C76H108Cl2F2N12O11. The zero-order valence-corrected chi connectivity index (χ0v) is 60.0. The molecular weight excluding hydrogens is 1370 g/mol. The van der Waals surface area contributed by atoms with Gasteiger partial charge in [0.15, 0.2) is 0 Å². The van der Waals surface area contributed by atoms with Gasteiger partial charge in [0, 0.05) is 80.4 Å². The maximum absolute atomic E-state index is 13.9. The first-order chi connectivity index (χ1) is 48.4. The van der Waals surface area contributed by atoms with Crippen LogP contribution in [0.3, 0.4) is 0 Å². The topological polar surface area (TPSA) is 262 Å². The minimum atomic E-state index is -1.39. The van der Waals surface area contributed by atoms with E-state index in [4.69, 9.17) is 35.7 Å². The van der Waals surface area contributed by atoms with Gasteiger partial charge >= 0.3 is 24.0 Å². The Bertz CT molecular complexity index is 3410. The fraction of sp³-hybridized carbons (Fsp3) is 0.513. The third-order valence-corrected chi connectivity index (χ3v) is 18.5.